The predicted octanol–water partition coefficient (Wildman–Crippen LogP) is 2.70. The van der Waals surface area contributed by atoms with Crippen LogP contribution in [0.1, 0.15) is 11.1 Å². The van der Waals surface area contributed by atoms with E-state index in [9.17, 15) is 4.79 Å². The van der Waals surface area contributed by atoms with Crippen LogP contribution in [0.25, 0.3) is 0 Å². The van der Waals surface area contributed by atoms with Gasteiger partial charge in [-0.3, -0.25) is 0 Å². The number of hydrogen-bond donors (Lipinski definition) is 0. The molecule has 0 amide bonds. The highest BCUT2D eigenvalue weighted by atomic mass is 35.5. The summed E-state index contributed by atoms with van der Waals surface area (Å²) in [6.45, 7) is 1.93. The molecule has 0 saturated carbocycles. The van der Waals surface area contributed by atoms with Crippen molar-refractivity contribution in [3.8, 4) is 0 Å². The minimum atomic E-state index is 0.368. The average molecular weight is 182 g/mol. The molecule has 1 aromatic rings. The van der Waals surface area contributed by atoms with Gasteiger partial charge in [0.05, 0.1) is 5.69 Å². The maximum atomic E-state index is 10.0. The van der Waals surface area contributed by atoms with Crippen LogP contribution in [0.4, 0.5) is 5.69 Å². The van der Waals surface area contributed by atoms with Crippen LogP contribution in [0, 0.1) is 6.92 Å². The van der Waals surface area contributed by atoms with Crippen LogP contribution in [-0.4, -0.2) is 6.08 Å². The summed E-state index contributed by atoms with van der Waals surface area (Å²) in [7, 11) is 0. The van der Waals surface area contributed by atoms with E-state index < -0.39 is 0 Å². The summed E-state index contributed by atoms with van der Waals surface area (Å²) >= 11 is 5.68. The second-order valence-electron chi connectivity index (χ2n) is 2.41. The number of carbonyl (C=O) groups excluding carboxylic acids is 1. The third-order valence-electron chi connectivity index (χ3n) is 1.69. The molecule has 0 saturated heterocycles. The zero-order chi connectivity index (χ0) is 8.97. The zero-order valence-electron chi connectivity index (χ0n) is 6.67. The van der Waals surface area contributed by atoms with Gasteiger partial charge in [0.2, 0.25) is 6.08 Å². The fourth-order valence-electron chi connectivity index (χ4n) is 1.01. The summed E-state index contributed by atoms with van der Waals surface area (Å²) in [5, 5.41) is 0. The maximum Gasteiger partial charge on any atom is 0.240 e. The molecular formula is C9H8ClNO. The Labute approximate surface area is 75.9 Å². The van der Waals surface area contributed by atoms with Crippen molar-refractivity contribution in [2.24, 2.45) is 4.99 Å². The van der Waals surface area contributed by atoms with Gasteiger partial charge in [0.1, 0.15) is 0 Å². The molecule has 0 fully saturated rings. The molecule has 0 aliphatic carbocycles. The van der Waals surface area contributed by atoms with Crippen LogP contribution in [0.15, 0.2) is 23.2 Å². The molecule has 1 rings (SSSR count). The smallest absolute Gasteiger partial charge is 0.211 e. The number of isocyanates is 1. The lowest BCUT2D eigenvalue weighted by atomic mass is 10.1. The number of rotatable bonds is 2. The fourth-order valence-corrected chi connectivity index (χ4v) is 1.36. The van der Waals surface area contributed by atoms with E-state index in [1.54, 1.807) is 6.07 Å². The number of benzene rings is 1. The lowest BCUT2D eigenvalue weighted by molar-refractivity contribution is 0.565. The highest BCUT2D eigenvalue weighted by Gasteiger charge is 2.01. The molecule has 0 bridgehead atoms. The van der Waals surface area contributed by atoms with Crippen LogP contribution < -0.4 is 0 Å². The summed E-state index contributed by atoms with van der Waals surface area (Å²) in [5.74, 6) is 0.368. The quantitative estimate of drug-likeness (QED) is 0.392. The molecule has 0 aliphatic rings. The Morgan fingerprint density at radius 3 is 2.92 bits per heavy atom. The van der Waals surface area contributed by atoms with E-state index in [2.05, 4.69) is 4.99 Å². The average Bonchev–Trinajstić information content (AvgIpc) is 2.05. The summed E-state index contributed by atoms with van der Waals surface area (Å²) < 4.78 is 0. The fraction of sp³-hybridized carbons (Fsp3) is 0.222. The lowest BCUT2D eigenvalue weighted by Gasteiger charge is -2.02. The van der Waals surface area contributed by atoms with Crippen LogP contribution in [0.3, 0.4) is 0 Å². The number of alkyl halides is 1. The Morgan fingerprint density at radius 2 is 2.33 bits per heavy atom. The van der Waals surface area contributed by atoms with Gasteiger partial charge in [-0.25, -0.2) is 4.79 Å². The number of aryl methyl sites for hydroxylation is 1. The summed E-state index contributed by atoms with van der Waals surface area (Å²) in [6, 6.07) is 5.51. The van der Waals surface area contributed by atoms with E-state index in [4.69, 9.17) is 11.6 Å². The first-order valence-electron chi connectivity index (χ1n) is 3.52. The minimum Gasteiger partial charge on any atom is -0.211 e. The van der Waals surface area contributed by atoms with E-state index in [0.717, 1.165) is 11.1 Å². The topological polar surface area (TPSA) is 29.4 Å². The van der Waals surface area contributed by atoms with Gasteiger partial charge in [-0.2, -0.15) is 4.99 Å². The van der Waals surface area contributed by atoms with Gasteiger partial charge in [-0.1, -0.05) is 12.1 Å². The minimum absolute atomic E-state index is 0.368. The standard InChI is InChI=1S/C9H8ClNO/c1-7-3-2-4-9(11-6-12)8(7)5-10/h2-4H,5H2,1H3. The number of nitrogens with zero attached hydrogens (tertiary/aromatic N) is 1. The van der Waals surface area contributed by atoms with E-state index in [-0.39, 0.29) is 0 Å². The van der Waals surface area contributed by atoms with Crippen LogP contribution in [-0.2, 0) is 10.7 Å². The first kappa shape index (κ1) is 8.98. The molecule has 0 spiro atoms. The van der Waals surface area contributed by atoms with Crippen molar-refractivity contribution in [3.63, 3.8) is 0 Å². The summed E-state index contributed by atoms with van der Waals surface area (Å²) in [4.78, 5) is 13.6. The van der Waals surface area contributed by atoms with Crippen molar-refractivity contribution in [3.05, 3.63) is 29.3 Å². The summed E-state index contributed by atoms with van der Waals surface area (Å²) in [5.41, 5.74) is 2.55. The molecule has 0 heterocycles. The van der Waals surface area contributed by atoms with E-state index in [1.807, 2.05) is 19.1 Å². The van der Waals surface area contributed by atoms with Crippen molar-refractivity contribution in [2.75, 3.05) is 0 Å². The first-order valence-corrected chi connectivity index (χ1v) is 4.05. The molecule has 1 aromatic carbocycles. The van der Waals surface area contributed by atoms with Crippen molar-refractivity contribution >= 4 is 23.4 Å². The Balaban J connectivity index is 3.26. The molecule has 0 unspecified atom stereocenters. The van der Waals surface area contributed by atoms with E-state index in [0.29, 0.717) is 11.6 Å². The van der Waals surface area contributed by atoms with Gasteiger partial charge in [0, 0.05) is 5.88 Å². The molecule has 0 radical (unpaired) electrons. The van der Waals surface area contributed by atoms with E-state index in [1.165, 1.54) is 6.08 Å². The molecule has 62 valence electrons. The number of halogens is 1. The Bertz CT molecular complexity index is 329. The third-order valence-corrected chi connectivity index (χ3v) is 1.95. The Hall–Kier alpha value is -1.11. The van der Waals surface area contributed by atoms with Gasteiger partial charge in [-0.05, 0) is 24.1 Å². The van der Waals surface area contributed by atoms with Gasteiger partial charge >= 0.3 is 0 Å². The van der Waals surface area contributed by atoms with Gasteiger partial charge in [0.25, 0.3) is 0 Å². The van der Waals surface area contributed by atoms with Crippen molar-refractivity contribution < 1.29 is 4.79 Å². The SMILES string of the molecule is Cc1cccc(N=C=O)c1CCl. The number of aliphatic imine (C=N–C) groups is 1. The van der Waals surface area contributed by atoms with Gasteiger partial charge < -0.3 is 0 Å². The van der Waals surface area contributed by atoms with Gasteiger partial charge in [0.15, 0.2) is 0 Å². The Kier molecular flexibility index (Phi) is 3.03. The normalized spacial score (nSPS) is 9.17. The highest BCUT2D eigenvalue weighted by Crippen LogP contribution is 2.23. The van der Waals surface area contributed by atoms with Crippen LogP contribution >= 0.6 is 11.6 Å². The Morgan fingerprint density at radius 1 is 1.58 bits per heavy atom. The van der Waals surface area contributed by atoms with Gasteiger partial charge in [-0.15, -0.1) is 11.6 Å². The molecule has 0 aliphatic heterocycles. The maximum absolute atomic E-state index is 10.0. The molecular weight excluding hydrogens is 174 g/mol. The predicted molar refractivity (Wildman–Crippen MR) is 48.5 cm³/mol. The summed E-state index contributed by atoms with van der Waals surface area (Å²) in [6.07, 6.45) is 1.50. The highest BCUT2D eigenvalue weighted by molar-refractivity contribution is 6.17. The molecule has 0 aromatic heterocycles. The van der Waals surface area contributed by atoms with Crippen molar-refractivity contribution in [2.45, 2.75) is 12.8 Å². The first-order chi connectivity index (χ1) is 5.79. The molecule has 3 heteroatoms. The zero-order valence-corrected chi connectivity index (χ0v) is 7.43. The monoisotopic (exact) mass is 181 g/mol. The number of hydrogen-bond acceptors (Lipinski definition) is 2. The molecule has 2 nitrogen and oxygen atoms in total. The van der Waals surface area contributed by atoms with E-state index >= 15 is 0 Å². The second-order valence-corrected chi connectivity index (χ2v) is 2.68. The van der Waals surface area contributed by atoms with Crippen molar-refractivity contribution in [1.29, 1.82) is 0 Å². The molecule has 0 N–H and O–H groups in total. The molecule has 0 atom stereocenters. The lowest BCUT2D eigenvalue weighted by Crippen LogP contribution is -1.84. The largest absolute Gasteiger partial charge is 0.240 e. The van der Waals surface area contributed by atoms with Crippen LogP contribution in [0.2, 0.25) is 0 Å². The van der Waals surface area contributed by atoms with Crippen molar-refractivity contribution in [1.82, 2.24) is 0 Å². The van der Waals surface area contributed by atoms with Crippen LogP contribution in [0.5, 0.6) is 0 Å². The molecule has 12 heavy (non-hydrogen) atoms. The second kappa shape index (κ2) is 4.05. The third kappa shape index (κ3) is 1.73.